The van der Waals surface area contributed by atoms with Gasteiger partial charge in [0.05, 0.1) is 41.2 Å². The summed E-state index contributed by atoms with van der Waals surface area (Å²) in [5.74, 6) is 0.269. The van der Waals surface area contributed by atoms with Gasteiger partial charge < -0.3 is 5.32 Å². The summed E-state index contributed by atoms with van der Waals surface area (Å²) in [6.45, 7) is 0. The van der Waals surface area contributed by atoms with Gasteiger partial charge >= 0.3 is 0 Å². The molecule has 0 aliphatic carbocycles. The second-order valence-electron chi connectivity index (χ2n) is 3.92. The van der Waals surface area contributed by atoms with Crippen molar-refractivity contribution in [1.29, 1.82) is 0 Å². The Morgan fingerprint density at radius 1 is 1.30 bits per heavy atom. The summed E-state index contributed by atoms with van der Waals surface area (Å²) < 4.78 is 12.5. The van der Waals surface area contributed by atoms with E-state index < -0.39 is 15.7 Å². The number of benzene rings is 1. The standard InChI is InChI=1S/C11H5Cl2N3O3S/c12-6-1-2-7(13)10-9(6)15-11-8(20(10)19)3-5(4-14-11)16(17)18/h1-4H,(H,14,15). The molecule has 1 atom stereocenters. The summed E-state index contributed by atoms with van der Waals surface area (Å²) in [6, 6.07) is 4.31. The zero-order chi connectivity index (χ0) is 14.4. The molecule has 6 nitrogen and oxygen atoms in total. The van der Waals surface area contributed by atoms with Gasteiger partial charge in [0.15, 0.2) is 0 Å². The van der Waals surface area contributed by atoms with Crippen LogP contribution in [-0.4, -0.2) is 14.1 Å². The Hall–Kier alpha value is -1.70. The first-order valence-electron chi connectivity index (χ1n) is 5.30. The lowest BCUT2D eigenvalue weighted by Crippen LogP contribution is -2.11. The molecular formula is C11H5Cl2N3O3S. The van der Waals surface area contributed by atoms with E-state index in [9.17, 15) is 14.3 Å². The van der Waals surface area contributed by atoms with E-state index in [1.165, 1.54) is 12.1 Å². The molecule has 1 aliphatic rings. The molecular weight excluding hydrogens is 325 g/mol. The minimum absolute atomic E-state index is 0.205. The lowest BCUT2D eigenvalue weighted by Gasteiger charge is -2.21. The van der Waals surface area contributed by atoms with Crippen LogP contribution in [-0.2, 0) is 10.8 Å². The van der Waals surface area contributed by atoms with Gasteiger partial charge in [0.25, 0.3) is 5.69 Å². The number of hydrogen-bond acceptors (Lipinski definition) is 5. The highest BCUT2D eigenvalue weighted by Crippen LogP contribution is 2.43. The maximum Gasteiger partial charge on any atom is 0.288 e. The summed E-state index contributed by atoms with van der Waals surface area (Å²) in [6.07, 6.45) is 1.09. The molecule has 1 aliphatic heterocycles. The van der Waals surface area contributed by atoms with Crippen LogP contribution < -0.4 is 5.32 Å². The smallest absolute Gasteiger partial charge is 0.288 e. The van der Waals surface area contributed by atoms with Gasteiger partial charge in [-0.05, 0) is 12.1 Å². The van der Waals surface area contributed by atoms with Gasteiger partial charge in [0.2, 0.25) is 0 Å². The molecule has 1 unspecified atom stereocenters. The molecule has 2 aromatic rings. The number of hydrogen-bond donors (Lipinski definition) is 1. The molecule has 2 heterocycles. The number of halogens is 2. The van der Waals surface area contributed by atoms with Crippen molar-refractivity contribution >= 4 is 51.2 Å². The molecule has 0 bridgehead atoms. The van der Waals surface area contributed by atoms with Crippen LogP contribution in [0.25, 0.3) is 0 Å². The number of anilines is 2. The van der Waals surface area contributed by atoms with Gasteiger partial charge in [-0.15, -0.1) is 0 Å². The average molecular weight is 330 g/mol. The third kappa shape index (κ3) is 1.94. The highest BCUT2D eigenvalue weighted by Gasteiger charge is 2.29. The number of aromatic nitrogens is 1. The van der Waals surface area contributed by atoms with Gasteiger partial charge in [0, 0.05) is 6.07 Å². The topological polar surface area (TPSA) is 85.1 Å². The second kappa shape index (κ2) is 4.69. The van der Waals surface area contributed by atoms with Crippen molar-refractivity contribution in [3.05, 3.63) is 44.6 Å². The summed E-state index contributed by atoms with van der Waals surface area (Å²) in [5, 5.41) is 14.3. The van der Waals surface area contributed by atoms with Crippen molar-refractivity contribution in [3.63, 3.8) is 0 Å². The summed E-state index contributed by atoms with van der Waals surface area (Å²) in [5.41, 5.74) is 0.173. The minimum atomic E-state index is -1.68. The Morgan fingerprint density at radius 2 is 2.00 bits per heavy atom. The molecule has 102 valence electrons. The SMILES string of the molecule is O=[N+]([O-])c1cnc2c(c1)S(=O)c1c(Cl)ccc(Cl)c1N2. The molecule has 1 aromatic heterocycles. The van der Waals surface area contributed by atoms with E-state index in [1.54, 1.807) is 6.07 Å². The molecule has 1 N–H and O–H groups in total. The van der Waals surface area contributed by atoms with Crippen LogP contribution in [0.1, 0.15) is 0 Å². The van der Waals surface area contributed by atoms with Crippen LogP contribution >= 0.6 is 23.2 Å². The molecule has 0 spiro atoms. The van der Waals surface area contributed by atoms with Gasteiger partial charge in [-0.2, -0.15) is 0 Å². The Labute approximate surface area is 125 Å². The van der Waals surface area contributed by atoms with Gasteiger partial charge in [-0.25, -0.2) is 9.19 Å². The van der Waals surface area contributed by atoms with Crippen LogP contribution in [0.15, 0.2) is 34.2 Å². The highest BCUT2D eigenvalue weighted by molar-refractivity contribution is 7.85. The molecule has 1 aromatic carbocycles. The Bertz CT molecular complexity index is 782. The van der Waals surface area contributed by atoms with Crippen LogP contribution in [0.4, 0.5) is 17.2 Å². The van der Waals surface area contributed by atoms with E-state index in [4.69, 9.17) is 23.2 Å². The van der Waals surface area contributed by atoms with Crippen molar-refractivity contribution in [1.82, 2.24) is 4.98 Å². The minimum Gasteiger partial charge on any atom is -0.337 e. The zero-order valence-electron chi connectivity index (χ0n) is 9.59. The first-order chi connectivity index (χ1) is 9.49. The molecule has 0 fully saturated rings. The lowest BCUT2D eigenvalue weighted by atomic mass is 10.3. The predicted octanol–water partition coefficient (Wildman–Crippen LogP) is 3.52. The fraction of sp³-hybridized carbons (Fsp3) is 0. The molecule has 20 heavy (non-hydrogen) atoms. The Kier molecular flexibility index (Phi) is 3.12. The number of rotatable bonds is 1. The molecule has 0 saturated heterocycles. The van der Waals surface area contributed by atoms with Crippen LogP contribution in [0.5, 0.6) is 0 Å². The number of nitrogens with zero attached hydrogens (tertiary/aromatic N) is 2. The molecule has 0 radical (unpaired) electrons. The first-order valence-corrected chi connectivity index (χ1v) is 7.21. The summed E-state index contributed by atoms with van der Waals surface area (Å²) >= 11 is 12.1. The van der Waals surface area contributed by atoms with Crippen molar-refractivity contribution in [2.24, 2.45) is 0 Å². The van der Waals surface area contributed by atoms with Gasteiger partial charge in [0.1, 0.15) is 12.0 Å². The largest absolute Gasteiger partial charge is 0.337 e. The number of nitro groups is 1. The van der Waals surface area contributed by atoms with Gasteiger partial charge in [-0.1, -0.05) is 23.2 Å². The van der Waals surface area contributed by atoms with Crippen LogP contribution in [0.2, 0.25) is 10.0 Å². The fourth-order valence-corrected chi connectivity index (χ4v) is 3.78. The molecule has 9 heteroatoms. The normalized spacial score (nSPS) is 16.0. The van der Waals surface area contributed by atoms with E-state index in [0.717, 1.165) is 6.20 Å². The van der Waals surface area contributed by atoms with E-state index in [1.807, 2.05) is 0 Å². The Balaban J connectivity index is 2.23. The van der Waals surface area contributed by atoms with Crippen molar-refractivity contribution in [3.8, 4) is 0 Å². The monoisotopic (exact) mass is 329 g/mol. The maximum absolute atomic E-state index is 12.5. The average Bonchev–Trinajstić information content (AvgIpc) is 2.42. The van der Waals surface area contributed by atoms with Crippen LogP contribution in [0.3, 0.4) is 0 Å². The maximum atomic E-state index is 12.5. The van der Waals surface area contributed by atoms with E-state index in [-0.39, 0.29) is 21.4 Å². The zero-order valence-corrected chi connectivity index (χ0v) is 11.9. The Morgan fingerprint density at radius 3 is 2.70 bits per heavy atom. The van der Waals surface area contributed by atoms with Crippen LogP contribution in [0, 0.1) is 10.1 Å². The third-order valence-electron chi connectivity index (χ3n) is 2.74. The van der Waals surface area contributed by atoms with E-state index >= 15 is 0 Å². The third-order valence-corrected chi connectivity index (χ3v) is 4.98. The highest BCUT2D eigenvalue weighted by atomic mass is 35.5. The van der Waals surface area contributed by atoms with E-state index in [2.05, 4.69) is 10.3 Å². The molecule has 0 amide bonds. The quantitative estimate of drug-likeness (QED) is 0.545. The second-order valence-corrected chi connectivity index (χ2v) is 6.12. The number of fused-ring (bicyclic) bond motifs is 2. The fourth-order valence-electron chi connectivity index (χ4n) is 1.83. The summed E-state index contributed by atoms with van der Waals surface area (Å²) in [4.78, 5) is 14.6. The number of pyridine rings is 1. The van der Waals surface area contributed by atoms with Crippen molar-refractivity contribution in [2.75, 3.05) is 5.32 Å². The van der Waals surface area contributed by atoms with Crippen molar-refractivity contribution < 1.29 is 9.13 Å². The lowest BCUT2D eigenvalue weighted by molar-refractivity contribution is -0.385. The van der Waals surface area contributed by atoms with Gasteiger partial charge in [-0.3, -0.25) is 10.1 Å². The number of nitrogens with one attached hydrogen (secondary N) is 1. The first kappa shape index (κ1) is 13.3. The molecule has 3 rings (SSSR count). The molecule has 0 saturated carbocycles. The van der Waals surface area contributed by atoms with Crippen molar-refractivity contribution in [2.45, 2.75) is 9.79 Å². The van der Waals surface area contributed by atoms with E-state index in [0.29, 0.717) is 15.6 Å². The summed E-state index contributed by atoms with van der Waals surface area (Å²) in [7, 11) is -1.68. The predicted molar refractivity (Wildman–Crippen MR) is 75.3 cm³/mol.